The van der Waals surface area contributed by atoms with E-state index in [1.54, 1.807) is 12.1 Å². The number of rotatable bonds is 6. The number of anilines is 2. The molecule has 2 heterocycles. The summed E-state index contributed by atoms with van der Waals surface area (Å²) in [5.74, 6) is 0.507. The number of aromatic amines is 2. The molecule has 8 nitrogen and oxygen atoms in total. The number of aromatic nitrogens is 4. The van der Waals surface area contributed by atoms with Crippen LogP contribution >= 0.6 is 0 Å². The van der Waals surface area contributed by atoms with Crippen LogP contribution in [0.3, 0.4) is 0 Å². The Balaban J connectivity index is 0.000000175. The van der Waals surface area contributed by atoms with E-state index in [0.717, 1.165) is 67.5 Å². The number of phenolic OH excluding ortho intramolecular Hbond substituents is 2. The number of aryl methyl sites for hydroxylation is 2. The molecule has 0 bridgehead atoms. The van der Waals surface area contributed by atoms with E-state index >= 15 is 0 Å². The first-order chi connectivity index (χ1) is 21.1. The van der Waals surface area contributed by atoms with E-state index in [9.17, 15) is 10.2 Å². The molecule has 0 atom stereocenters. The predicted molar refractivity (Wildman–Crippen MR) is 180 cm³/mol. The van der Waals surface area contributed by atoms with Crippen LogP contribution in [0.4, 0.5) is 11.4 Å². The summed E-state index contributed by atoms with van der Waals surface area (Å²) in [7, 11) is 8.06. The van der Waals surface area contributed by atoms with Gasteiger partial charge in [-0.2, -0.15) is 10.2 Å². The minimum absolute atomic E-state index is 0.253. The van der Waals surface area contributed by atoms with Crippen molar-refractivity contribution in [2.24, 2.45) is 0 Å². The molecule has 8 heteroatoms. The monoisotopic (exact) mass is 586 g/mol. The average Bonchev–Trinajstić information content (AvgIpc) is 3.71. The summed E-state index contributed by atoms with van der Waals surface area (Å²) in [6.07, 6.45) is 0. The second-order valence-electron chi connectivity index (χ2n) is 11.3. The number of nitrogens with zero attached hydrogens (tertiary/aromatic N) is 4. The van der Waals surface area contributed by atoms with Crippen LogP contribution in [0.15, 0.2) is 97.1 Å². The Hall–Kier alpha value is -5.50. The number of H-pyrrole nitrogens is 2. The molecule has 0 saturated carbocycles. The number of benzene rings is 4. The highest BCUT2D eigenvalue weighted by Gasteiger charge is 2.11. The Morgan fingerprint density at radius 1 is 0.500 bits per heavy atom. The standard InChI is InChI=1S/2C18H19N3O/c2*1-12-4-9-18(22)15(10-12)17-11-16(19-20-17)13-5-7-14(8-6-13)21(2)3/h2*4-11,22H,1-3H3,(H,19,20). The number of nitrogens with one attached hydrogen (secondary N) is 2. The molecule has 0 amide bonds. The molecule has 4 aromatic carbocycles. The van der Waals surface area contributed by atoms with Crippen LogP contribution in [0.25, 0.3) is 45.0 Å². The van der Waals surface area contributed by atoms with Crippen molar-refractivity contribution >= 4 is 11.4 Å². The summed E-state index contributed by atoms with van der Waals surface area (Å²) in [5, 5.41) is 34.8. The molecular formula is C36H38N6O2. The highest BCUT2D eigenvalue weighted by Crippen LogP contribution is 2.33. The minimum Gasteiger partial charge on any atom is -0.507 e. The quantitative estimate of drug-likeness (QED) is 0.160. The Morgan fingerprint density at radius 2 is 0.864 bits per heavy atom. The maximum absolute atomic E-state index is 10.0. The van der Waals surface area contributed by atoms with E-state index in [2.05, 4.69) is 54.5 Å². The van der Waals surface area contributed by atoms with Gasteiger partial charge in [-0.3, -0.25) is 10.2 Å². The average molecular weight is 587 g/mol. The molecule has 0 aliphatic rings. The van der Waals surface area contributed by atoms with E-state index in [1.807, 2.05) is 103 Å². The molecule has 4 N–H and O–H groups in total. The lowest BCUT2D eigenvalue weighted by Gasteiger charge is -2.12. The molecule has 0 aliphatic heterocycles. The Morgan fingerprint density at radius 3 is 1.20 bits per heavy atom. The fraction of sp³-hybridized carbons (Fsp3) is 0.167. The van der Waals surface area contributed by atoms with Crippen molar-refractivity contribution in [3.05, 3.63) is 108 Å². The highest BCUT2D eigenvalue weighted by molar-refractivity contribution is 5.74. The smallest absolute Gasteiger partial charge is 0.124 e. The molecule has 0 fully saturated rings. The lowest BCUT2D eigenvalue weighted by atomic mass is 10.1. The van der Waals surface area contributed by atoms with Crippen molar-refractivity contribution in [1.82, 2.24) is 20.4 Å². The van der Waals surface area contributed by atoms with Gasteiger partial charge in [0, 0.05) is 61.8 Å². The van der Waals surface area contributed by atoms with Gasteiger partial charge in [-0.15, -0.1) is 0 Å². The third-order valence-electron chi connectivity index (χ3n) is 7.40. The lowest BCUT2D eigenvalue weighted by molar-refractivity contribution is 0.476. The fourth-order valence-corrected chi connectivity index (χ4v) is 4.81. The second kappa shape index (κ2) is 12.8. The third-order valence-corrected chi connectivity index (χ3v) is 7.40. The number of phenols is 2. The van der Waals surface area contributed by atoms with Crippen molar-refractivity contribution in [2.75, 3.05) is 38.0 Å². The molecule has 0 spiro atoms. The molecule has 2 aromatic heterocycles. The molecule has 6 aromatic rings. The van der Waals surface area contributed by atoms with Crippen LogP contribution < -0.4 is 9.80 Å². The zero-order valence-corrected chi connectivity index (χ0v) is 25.9. The van der Waals surface area contributed by atoms with E-state index in [4.69, 9.17) is 0 Å². The first kappa shape index (κ1) is 30.0. The Labute approximate surface area is 258 Å². The SMILES string of the molecule is Cc1ccc(O)c(-c2cc(-c3ccc(N(C)C)cc3)n[nH]2)c1.Cc1ccc(O)c(-c2cc(-c3ccc(N(C)C)cc3)n[nH]2)c1. The molecule has 0 aliphatic carbocycles. The van der Waals surface area contributed by atoms with Gasteiger partial charge in [0.05, 0.1) is 22.8 Å². The largest absolute Gasteiger partial charge is 0.507 e. The molecule has 224 valence electrons. The molecular weight excluding hydrogens is 548 g/mol. The van der Waals surface area contributed by atoms with Crippen molar-refractivity contribution in [2.45, 2.75) is 13.8 Å². The van der Waals surface area contributed by atoms with Crippen molar-refractivity contribution in [3.63, 3.8) is 0 Å². The van der Waals surface area contributed by atoms with Crippen molar-refractivity contribution in [3.8, 4) is 56.5 Å². The number of hydrogen-bond donors (Lipinski definition) is 4. The molecule has 0 saturated heterocycles. The minimum atomic E-state index is 0.253. The summed E-state index contributed by atoms with van der Waals surface area (Å²) in [6, 6.07) is 31.4. The van der Waals surface area contributed by atoms with Crippen LogP contribution in [0.2, 0.25) is 0 Å². The molecule has 0 radical (unpaired) electrons. The maximum atomic E-state index is 10.0. The summed E-state index contributed by atoms with van der Waals surface area (Å²) < 4.78 is 0. The summed E-state index contributed by atoms with van der Waals surface area (Å²) in [4.78, 5) is 4.12. The third kappa shape index (κ3) is 6.76. The fourth-order valence-electron chi connectivity index (χ4n) is 4.81. The lowest BCUT2D eigenvalue weighted by Crippen LogP contribution is -2.07. The van der Waals surface area contributed by atoms with E-state index in [1.165, 1.54) is 0 Å². The topological polar surface area (TPSA) is 104 Å². The number of aromatic hydroxyl groups is 2. The first-order valence-electron chi connectivity index (χ1n) is 14.4. The van der Waals surface area contributed by atoms with Gasteiger partial charge in [-0.05, 0) is 74.5 Å². The van der Waals surface area contributed by atoms with Gasteiger partial charge in [0.25, 0.3) is 0 Å². The van der Waals surface area contributed by atoms with Gasteiger partial charge in [0.1, 0.15) is 11.5 Å². The molecule has 6 rings (SSSR count). The highest BCUT2D eigenvalue weighted by atomic mass is 16.3. The van der Waals surface area contributed by atoms with Gasteiger partial charge in [0.2, 0.25) is 0 Å². The zero-order valence-electron chi connectivity index (χ0n) is 25.9. The molecule has 44 heavy (non-hydrogen) atoms. The van der Waals surface area contributed by atoms with Crippen molar-refractivity contribution in [1.29, 1.82) is 0 Å². The Kier molecular flexibility index (Phi) is 8.71. The van der Waals surface area contributed by atoms with Gasteiger partial charge in [-0.1, -0.05) is 47.5 Å². The van der Waals surface area contributed by atoms with Crippen LogP contribution in [-0.2, 0) is 0 Å². The predicted octanol–water partition coefficient (Wildman–Crippen LogP) is 7.65. The van der Waals surface area contributed by atoms with Crippen LogP contribution in [0.5, 0.6) is 11.5 Å². The van der Waals surface area contributed by atoms with Crippen LogP contribution in [-0.4, -0.2) is 58.8 Å². The van der Waals surface area contributed by atoms with E-state index in [-0.39, 0.29) is 11.5 Å². The van der Waals surface area contributed by atoms with Crippen molar-refractivity contribution < 1.29 is 10.2 Å². The second-order valence-corrected chi connectivity index (χ2v) is 11.3. The summed E-state index contributed by atoms with van der Waals surface area (Å²) in [6.45, 7) is 4.00. The van der Waals surface area contributed by atoms with Crippen LogP contribution in [0.1, 0.15) is 11.1 Å². The first-order valence-corrected chi connectivity index (χ1v) is 14.4. The van der Waals surface area contributed by atoms with Crippen LogP contribution in [0, 0.1) is 13.8 Å². The molecule has 0 unspecified atom stereocenters. The van der Waals surface area contributed by atoms with Gasteiger partial charge < -0.3 is 20.0 Å². The Bertz CT molecular complexity index is 1710. The van der Waals surface area contributed by atoms with Gasteiger partial charge >= 0.3 is 0 Å². The summed E-state index contributed by atoms with van der Waals surface area (Å²) >= 11 is 0. The van der Waals surface area contributed by atoms with E-state index in [0.29, 0.717) is 0 Å². The normalized spacial score (nSPS) is 10.7. The van der Waals surface area contributed by atoms with Gasteiger partial charge in [0.15, 0.2) is 0 Å². The maximum Gasteiger partial charge on any atom is 0.124 e. The van der Waals surface area contributed by atoms with Gasteiger partial charge in [-0.25, -0.2) is 0 Å². The summed E-state index contributed by atoms with van der Waals surface area (Å²) in [5.41, 5.74) is 11.5. The zero-order chi connectivity index (χ0) is 31.4. The number of hydrogen-bond acceptors (Lipinski definition) is 6. The van der Waals surface area contributed by atoms with E-state index < -0.39 is 0 Å².